The Morgan fingerprint density at radius 1 is 1.26 bits per heavy atom. The van der Waals surface area contributed by atoms with Gasteiger partial charge in [-0.05, 0) is 55.3 Å². The van der Waals surface area contributed by atoms with Gasteiger partial charge in [-0.25, -0.2) is 4.39 Å². The second-order valence-corrected chi connectivity index (χ2v) is 4.86. The van der Waals surface area contributed by atoms with E-state index in [9.17, 15) is 4.39 Å². The van der Waals surface area contributed by atoms with Crippen molar-refractivity contribution in [3.63, 3.8) is 0 Å². The average Bonchev–Trinajstić information content (AvgIpc) is 2.43. The molecule has 1 heterocycles. The van der Waals surface area contributed by atoms with E-state index < -0.39 is 0 Å². The Morgan fingerprint density at radius 3 is 2.68 bits per heavy atom. The fraction of sp³-hybridized carbons (Fsp3) is 0.267. The van der Waals surface area contributed by atoms with E-state index in [0.717, 1.165) is 18.5 Å². The number of nitrogens with zero attached hydrogens (tertiary/aromatic N) is 1. The van der Waals surface area contributed by atoms with Gasteiger partial charge in [-0.3, -0.25) is 4.98 Å². The molecule has 2 nitrogen and oxygen atoms in total. The molecule has 4 heteroatoms. The summed E-state index contributed by atoms with van der Waals surface area (Å²) in [5, 5.41) is 3.56. The number of benzene rings is 1. The fourth-order valence-corrected chi connectivity index (χ4v) is 2.07. The molecule has 0 fully saturated rings. The van der Waals surface area contributed by atoms with Crippen LogP contribution in [0, 0.1) is 5.82 Å². The summed E-state index contributed by atoms with van der Waals surface area (Å²) >= 11 is 5.78. The van der Waals surface area contributed by atoms with Gasteiger partial charge in [0, 0.05) is 18.4 Å². The summed E-state index contributed by atoms with van der Waals surface area (Å²) in [5.74, 6) is -0.380. The second kappa shape index (κ2) is 6.64. The van der Waals surface area contributed by atoms with Crippen LogP contribution < -0.4 is 5.32 Å². The highest BCUT2D eigenvalue weighted by Crippen LogP contribution is 2.20. The summed E-state index contributed by atoms with van der Waals surface area (Å²) < 4.78 is 13.1. The summed E-state index contributed by atoms with van der Waals surface area (Å²) in [6.07, 6.45) is 4.51. The summed E-state index contributed by atoms with van der Waals surface area (Å²) in [5.41, 5.74) is 2.23. The molecular formula is C15H16ClFN2. The minimum absolute atomic E-state index is 0.139. The highest BCUT2D eigenvalue weighted by Gasteiger charge is 2.07. The van der Waals surface area contributed by atoms with Crippen LogP contribution in [0.4, 0.5) is 4.39 Å². The lowest BCUT2D eigenvalue weighted by Crippen LogP contribution is -2.21. The molecule has 0 bridgehead atoms. The van der Waals surface area contributed by atoms with Crippen LogP contribution in [0.2, 0.25) is 5.02 Å². The molecule has 1 atom stereocenters. The van der Waals surface area contributed by atoms with Crippen LogP contribution in [0.3, 0.4) is 0 Å². The molecule has 2 aromatic rings. The number of hydrogen-bond acceptors (Lipinski definition) is 2. The Bertz CT molecular complexity index is 531. The first-order valence-electron chi connectivity index (χ1n) is 6.24. The van der Waals surface area contributed by atoms with Gasteiger partial charge >= 0.3 is 0 Å². The van der Waals surface area contributed by atoms with E-state index in [2.05, 4.69) is 10.3 Å². The first-order chi connectivity index (χ1) is 9.16. The highest BCUT2D eigenvalue weighted by atomic mass is 35.5. The number of pyridine rings is 1. The van der Waals surface area contributed by atoms with Crippen LogP contribution in [0.5, 0.6) is 0 Å². The van der Waals surface area contributed by atoms with Crippen LogP contribution in [0.15, 0.2) is 42.7 Å². The Kier molecular flexibility index (Phi) is 4.88. The van der Waals surface area contributed by atoms with Crippen molar-refractivity contribution in [2.75, 3.05) is 6.54 Å². The Morgan fingerprint density at radius 2 is 2.00 bits per heavy atom. The van der Waals surface area contributed by atoms with Crippen molar-refractivity contribution in [2.45, 2.75) is 19.4 Å². The van der Waals surface area contributed by atoms with Gasteiger partial charge < -0.3 is 5.32 Å². The average molecular weight is 279 g/mol. The maximum atomic E-state index is 13.1. The maximum absolute atomic E-state index is 13.1. The summed E-state index contributed by atoms with van der Waals surface area (Å²) in [7, 11) is 0. The molecule has 0 aliphatic carbocycles. The first kappa shape index (κ1) is 14.0. The standard InChI is InChI=1S/C15H16ClFN2/c1-11(13-2-3-15(17)14(16)10-13)19-9-6-12-4-7-18-8-5-12/h2-5,7-8,10-11,19H,6,9H2,1H3. The number of nitrogens with one attached hydrogen (secondary N) is 1. The number of hydrogen-bond donors (Lipinski definition) is 1. The lowest BCUT2D eigenvalue weighted by atomic mass is 10.1. The third-order valence-corrected chi connectivity index (χ3v) is 3.35. The summed E-state index contributed by atoms with van der Waals surface area (Å²) in [6.45, 7) is 2.89. The smallest absolute Gasteiger partial charge is 0.141 e. The van der Waals surface area contributed by atoms with Gasteiger partial charge in [-0.2, -0.15) is 0 Å². The number of aromatic nitrogens is 1. The van der Waals surface area contributed by atoms with Crippen molar-refractivity contribution in [3.8, 4) is 0 Å². The van der Waals surface area contributed by atoms with Crippen LogP contribution in [0.25, 0.3) is 0 Å². The highest BCUT2D eigenvalue weighted by molar-refractivity contribution is 6.30. The van der Waals surface area contributed by atoms with Gasteiger partial charge in [0.25, 0.3) is 0 Å². The summed E-state index contributed by atoms with van der Waals surface area (Å²) in [6, 6.07) is 8.97. The predicted octanol–water partition coefficient (Wildman–Crippen LogP) is 3.77. The zero-order valence-corrected chi connectivity index (χ0v) is 11.5. The van der Waals surface area contributed by atoms with Gasteiger partial charge in [0.05, 0.1) is 5.02 Å². The second-order valence-electron chi connectivity index (χ2n) is 4.45. The largest absolute Gasteiger partial charge is 0.310 e. The molecule has 100 valence electrons. The molecule has 0 aliphatic rings. The van der Waals surface area contributed by atoms with Crippen molar-refractivity contribution in [1.82, 2.24) is 10.3 Å². The topological polar surface area (TPSA) is 24.9 Å². The minimum atomic E-state index is -0.380. The molecule has 1 unspecified atom stereocenters. The minimum Gasteiger partial charge on any atom is -0.310 e. The van der Waals surface area contributed by atoms with Crippen molar-refractivity contribution >= 4 is 11.6 Å². The van der Waals surface area contributed by atoms with E-state index in [4.69, 9.17) is 11.6 Å². The van der Waals surface area contributed by atoms with Crippen molar-refractivity contribution in [2.24, 2.45) is 0 Å². The fourth-order valence-electron chi connectivity index (χ4n) is 1.88. The van der Waals surface area contributed by atoms with Crippen molar-refractivity contribution < 1.29 is 4.39 Å². The zero-order chi connectivity index (χ0) is 13.7. The molecular weight excluding hydrogens is 263 g/mol. The molecule has 0 radical (unpaired) electrons. The van der Waals surface area contributed by atoms with E-state index in [1.54, 1.807) is 24.5 Å². The Labute approximate surface area is 117 Å². The predicted molar refractivity (Wildman–Crippen MR) is 75.8 cm³/mol. The van der Waals surface area contributed by atoms with Gasteiger partial charge in [0.15, 0.2) is 0 Å². The normalized spacial score (nSPS) is 12.4. The van der Waals surface area contributed by atoms with Crippen LogP contribution >= 0.6 is 11.6 Å². The van der Waals surface area contributed by atoms with E-state index in [1.165, 1.54) is 11.6 Å². The van der Waals surface area contributed by atoms with Crippen molar-refractivity contribution in [3.05, 3.63) is 64.7 Å². The zero-order valence-electron chi connectivity index (χ0n) is 10.7. The third kappa shape index (κ3) is 4.01. The van der Waals surface area contributed by atoms with E-state index >= 15 is 0 Å². The van der Waals surface area contributed by atoms with E-state index in [-0.39, 0.29) is 16.9 Å². The lowest BCUT2D eigenvalue weighted by molar-refractivity contribution is 0.573. The van der Waals surface area contributed by atoms with Gasteiger partial charge in [-0.1, -0.05) is 17.7 Å². The molecule has 2 rings (SSSR count). The van der Waals surface area contributed by atoms with Gasteiger partial charge in [0.2, 0.25) is 0 Å². The van der Waals surface area contributed by atoms with E-state index in [1.807, 2.05) is 19.1 Å². The lowest BCUT2D eigenvalue weighted by Gasteiger charge is -2.14. The molecule has 0 amide bonds. The van der Waals surface area contributed by atoms with Crippen molar-refractivity contribution in [1.29, 1.82) is 0 Å². The SMILES string of the molecule is CC(NCCc1ccncc1)c1ccc(F)c(Cl)c1. The maximum Gasteiger partial charge on any atom is 0.141 e. The molecule has 0 spiro atoms. The molecule has 0 saturated carbocycles. The molecule has 1 aromatic carbocycles. The Balaban J connectivity index is 1.87. The molecule has 1 aromatic heterocycles. The van der Waals surface area contributed by atoms with Crippen LogP contribution in [-0.4, -0.2) is 11.5 Å². The van der Waals surface area contributed by atoms with Gasteiger partial charge in [0.1, 0.15) is 5.82 Å². The van der Waals surface area contributed by atoms with Gasteiger partial charge in [-0.15, -0.1) is 0 Å². The summed E-state index contributed by atoms with van der Waals surface area (Å²) in [4.78, 5) is 3.98. The Hall–Kier alpha value is -1.45. The quantitative estimate of drug-likeness (QED) is 0.901. The van der Waals surface area contributed by atoms with Crippen LogP contribution in [-0.2, 0) is 6.42 Å². The number of rotatable bonds is 5. The number of halogens is 2. The third-order valence-electron chi connectivity index (χ3n) is 3.06. The first-order valence-corrected chi connectivity index (χ1v) is 6.62. The molecule has 0 aliphatic heterocycles. The van der Waals surface area contributed by atoms with Crippen LogP contribution in [0.1, 0.15) is 24.1 Å². The molecule has 0 saturated heterocycles. The van der Waals surface area contributed by atoms with E-state index in [0.29, 0.717) is 0 Å². The molecule has 19 heavy (non-hydrogen) atoms. The monoisotopic (exact) mass is 278 g/mol. The molecule has 1 N–H and O–H groups in total.